The molecule has 74 valence electrons. The van der Waals surface area contributed by atoms with Crippen LogP contribution in [0.2, 0.25) is 0 Å². The zero-order valence-corrected chi connectivity index (χ0v) is 10.2. The van der Waals surface area contributed by atoms with Crippen LogP contribution >= 0.6 is 15.9 Å². The summed E-state index contributed by atoms with van der Waals surface area (Å²) >= 11 is 3.39. The Labute approximate surface area is 93.6 Å². The third-order valence-corrected chi connectivity index (χ3v) is 2.69. The Morgan fingerprint density at radius 3 is 2.57 bits per heavy atom. The molecule has 0 aromatic heterocycles. The Morgan fingerprint density at radius 1 is 1.43 bits per heavy atom. The fourth-order valence-corrected chi connectivity index (χ4v) is 1.60. The molecule has 0 spiro atoms. The Balaban J connectivity index is 3.29. The van der Waals surface area contributed by atoms with Crippen molar-refractivity contribution in [2.24, 2.45) is 0 Å². The van der Waals surface area contributed by atoms with Crippen LogP contribution in [0.5, 0.6) is 5.75 Å². The van der Waals surface area contributed by atoms with Crippen molar-refractivity contribution in [2.75, 3.05) is 7.11 Å². The largest absolute Gasteiger partial charge is 0.496 e. The minimum atomic E-state index is -0.300. The number of hydrogen-bond donors (Lipinski definition) is 0. The molecule has 0 saturated heterocycles. The van der Waals surface area contributed by atoms with Gasteiger partial charge in [-0.3, -0.25) is 0 Å². The molecular weight excluding hydrogens is 240 g/mol. The maximum Gasteiger partial charge on any atom is 0.124 e. The molecule has 0 atom stereocenters. The summed E-state index contributed by atoms with van der Waals surface area (Å²) in [6.07, 6.45) is 5.48. The summed E-state index contributed by atoms with van der Waals surface area (Å²) in [5.41, 5.74) is 0.733. The average Bonchev–Trinajstić information content (AvgIpc) is 2.17. The van der Waals surface area contributed by atoms with E-state index in [1.165, 1.54) is 0 Å². The van der Waals surface area contributed by atoms with E-state index < -0.39 is 0 Å². The molecule has 0 aliphatic heterocycles. The van der Waals surface area contributed by atoms with Crippen LogP contribution in [-0.4, -0.2) is 7.11 Å². The van der Waals surface area contributed by atoms with Gasteiger partial charge in [-0.15, -0.1) is 6.42 Å². The molecule has 14 heavy (non-hydrogen) atoms. The molecule has 0 radical (unpaired) electrons. The third kappa shape index (κ3) is 2.10. The van der Waals surface area contributed by atoms with Crippen molar-refractivity contribution in [1.29, 1.82) is 0 Å². The molecule has 2 heteroatoms. The van der Waals surface area contributed by atoms with Crippen molar-refractivity contribution in [3.05, 3.63) is 28.2 Å². The van der Waals surface area contributed by atoms with Crippen LogP contribution in [0.1, 0.15) is 19.4 Å². The standard InChI is InChI=1S/C12H13BrO/c1-5-12(2,3)10-7-6-9(13)8-11(10)14-4/h1,6-8H,2-4H3. The van der Waals surface area contributed by atoms with Crippen molar-refractivity contribution in [3.63, 3.8) is 0 Å². The van der Waals surface area contributed by atoms with Gasteiger partial charge in [0.1, 0.15) is 5.75 Å². The quantitative estimate of drug-likeness (QED) is 0.734. The van der Waals surface area contributed by atoms with E-state index >= 15 is 0 Å². The first kappa shape index (κ1) is 11.1. The smallest absolute Gasteiger partial charge is 0.124 e. The zero-order chi connectivity index (χ0) is 10.8. The molecule has 1 aromatic rings. The maximum absolute atomic E-state index is 5.48. The van der Waals surface area contributed by atoms with Crippen LogP contribution in [0.25, 0.3) is 0 Å². The van der Waals surface area contributed by atoms with Crippen LogP contribution in [0.4, 0.5) is 0 Å². The first-order valence-corrected chi connectivity index (χ1v) is 5.12. The van der Waals surface area contributed by atoms with Gasteiger partial charge >= 0.3 is 0 Å². The van der Waals surface area contributed by atoms with Gasteiger partial charge in [-0.1, -0.05) is 27.9 Å². The lowest BCUT2D eigenvalue weighted by molar-refractivity contribution is 0.403. The monoisotopic (exact) mass is 252 g/mol. The Kier molecular flexibility index (Phi) is 3.23. The summed E-state index contributed by atoms with van der Waals surface area (Å²) in [6, 6.07) is 5.88. The van der Waals surface area contributed by atoms with Gasteiger partial charge in [0, 0.05) is 10.0 Å². The van der Waals surface area contributed by atoms with Crippen LogP contribution < -0.4 is 4.74 Å². The van der Waals surface area contributed by atoms with Gasteiger partial charge in [-0.25, -0.2) is 0 Å². The van der Waals surface area contributed by atoms with Gasteiger partial charge in [0.2, 0.25) is 0 Å². The first-order valence-electron chi connectivity index (χ1n) is 4.33. The first-order chi connectivity index (χ1) is 6.51. The fourth-order valence-electron chi connectivity index (χ4n) is 1.26. The van der Waals surface area contributed by atoms with E-state index in [4.69, 9.17) is 11.2 Å². The predicted molar refractivity (Wildman–Crippen MR) is 62.6 cm³/mol. The molecular formula is C12H13BrO. The summed E-state index contributed by atoms with van der Waals surface area (Å²) in [7, 11) is 1.65. The second-order valence-corrected chi connectivity index (χ2v) is 4.53. The number of terminal acetylenes is 1. The van der Waals surface area contributed by atoms with Crippen molar-refractivity contribution in [2.45, 2.75) is 19.3 Å². The van der Waals surface area contributed by atoms with E-state index in [2.05, 4.69) is 21.9 Å². The van der Waals surface area contributed by atoms with Crippen molar-refractivity contribution >= 4 is 15.9 Å². The Hall–Kier alpha value is -0.940. The fraction of sp³-hybridized carbons (Fsp3) is 0.333. The summed E-state index contributed by atoms with van der Waals surface area (Å²) in [4.78, 5) is 0. The number of methoxy groups -OCH3 is 1. The highest BCUT2D eigenvalue weighted by atomic mass is 79.9. The molecule has 0 heterocycles. The van der Waals surface area contributed by atoms with Gasteiger partial charge in [-0.05, 0) is 26.0 Å². The third-order valence-electron chi connectivity index (χ3n) is 2.20. The minimum absolute atomic E-state index is 0.300. The van der Waals surface area contributed by atoms with E-state index in [-0.39, 0.29) is 5.41 Å². The molecule has 0 N–H and O–H groups in total. The molecule has 0 bridgehead atoms. The minimum Gasteiger partial charge on any atom is -0.496 e. The zero-order valence-electron chi connectivity index (χ0n) is 8.60. The lowest BCUT2D eigenvalue weighted by atomic mass is 9.85. The SMILES string of the molecule is C#CC(C)(C)c1ccc(Br)cc1OC. The van der Waals surface area contributed by atoms with Gasteiger partial charge < -0.3 is 4.74 Å². The molecule has 0 aliphatic carbocycles. The highest BCUT2D eigenvalue weighted by molar-refractivity contribution is 9.10. The lowest BCUT2D eigenvalue weighted by Crippen LogP contribution is -2.15. The second kappa shape index (κ2) is 4.06. The summed E-state index contributed by atoms with van der Waals surface area (Å²) in [6.45, 7) is 4.00. The second-order valence-electron chi connectivity index (χ2n) is 3.61. The molecule has 0 aliphatic rings. The van der Waals surface area contributed by atoms with E-state index in [1.807, 2.05) is 32.0 Å². The van der Waals surface area contributed by atoms with E-state index in [9.17, 15) is 0 Å². The molecule has 0 amide bonds. The molecule has 0 saturated carbocycles. The van der Waals surface area contributed by atoms with Crippen molar-refractivity contribution < 1.29 is 4.74 Å². The van der Waals surface area contributed by atoms with Gasteiger partial charge in [-0.2, -0.15) is 0 Å². The lowest BCUT2D eigenvalue weighted by Gasteiger charge is -2.21. The highest BCUT2D eigenvalue weighted by Gasteiger charge is 2.21. The van der Waals surface area contributed by atoms with Crippen molar-refractivity contribution in [1.82, 2.24) is 0 Å². The van der Waals surface area contributed by atoms with Gasteiger partial charge in [0.25, 0.3) is 0 Å². The highest BCUT2D eigenvalue weighted by Crippen LogP contribution is 2.33. The van der Waals surface area contributed by atoms with E-state index in [0.717, 1.165) is 15.8 Å². The van der Waals surface area contributed by atoms with Crippen LogP contribution in [0.15, 0.2) is 22.7 Å². The van der Waals surface area contributed by atoms with Gasteiger partial charge in [0.15, 0.2) is 0 Å². The topological polar surface area (TPSA) is 9.23 Å². The van der Waals surface area contributed by atoms with Gasteiger partial charge in [0.05, 0.1) is 12.5 Å². The summed E-state index contributed by atoms with van der Waals surface area (Å²) in [5, 5.41) is 0. The van der Waals surface area contributed by atoms with E-state index in [1.54, 1.807) is 7.11 Å². The van der Waals surface area contributed by atoms with Crippen LogP contribution in [0, 0.1) is 12.3 Å². The number of ether oxygens (including phenoxy) is 1. The van der Waals surface area contributed by atoms with Crippen molar-refractivity contribution in [3.8, 4) is 18.1 Å². The summed E-state index contributed by atoms with van der Waals surface area (Å²) < 4.78 is 6.28. The van der Waals surface area contributed by atoms with Crippen LogP contribution in [0.3, 0.4) is 0 Å². The Morgan fingerprint density at radius 2 is 2.07 bits per heavy atom. The normalized spacial score (nSPS) is 10.8. The van der Waals surface area contributed by atoms with Crippen LogP contribution in [-0.2, 0) is 5.41 Å². The predicted octanol–water partition coefficient (Wildman–Crippen LogP) is 3.37. The molecule has 1 aromatic carbocycles. The average molecular weight is 253 g/mol. The number of halogens is 1. The number of benzene rings is 1. The van der Waals surface area contributed by atoms with E-state index in [0.29, 0.717) is 0 Å². The molecule has 0 unspecified atom stereocenters. The number of rotatable bonds is 2. The maximum atomic E-state index is 5.48. The number of hydrogen-bond acceptors (Lipinski definition) is 1. The molecule has 1 rings (SSSR count). The molecule has 0 fully saturated rings. The molecule has 1 nitrogen and oxygen atoms in total. The Bertz CT molecular complexity index is 374. The summed E-state index contributed by atoms with van der Waals surface area (Å²) in [5.74, 6) is 3.58.